The van der Waals surface area contributed by atoms with Crippen LogP contribution in [0.25, 0.3) is 0 Å². The number of amides is 1. The molecular formula is C8H13ClF3NOS. The fraction of sp³-hybridized carbons (Fsp3) is 0.875. The molecular weight excluding hydrogens is 251 g/mol. The third-order valence-electron chi connectivity index (χ3n) is 1.60. The lowest BCUT2D eigenvalue weighted by atomic mass is 9.95. The molecule has 0 aliphatic rings. The second-order valence-electron chi connectivity index (χ2n) is 3.57. The number of halogens is 4. The van der Waals surface area contributed by atoms with E-state index in [1.807, 2.05) is 0 Å². The Morgan fingerprint density at radius 3 is 2.33 bits per heavy atom. The van der Waals surface area contributed by atoms with E-state index >= 15 is 0 Å². The number of nitrogens with one attached hydrogen (secondary N) is 1. The van der Waals surface area contributed by atoms with Crippen LogP contribution < -0.4 is 5.32 Å². The fourth-order valence-electron chi connectivity index (χ4n) is 0.631. The summed E-state index contributed by atoms with van der Waals surface area (Å²) in [5.41, 5.74) is -4.99. The van der Waals surface area contributed by atoms with Crippen molar-refractivity contribution < 1.29 is 18.0 Å². The maximum Gasteiger partial charge on any atom is 0.441 e. The molecule has 0 saturated carbocycles. The van der Waals surface area contributed by atoms with E-state index < -0.39 is 10.9 Å². The Labute approximate surface area is 95.9 Å². The summed E-state index contributed by atoms with van der Waals surface area (Å²) in [5, 5.41) is 2.40. The zero-order valence-electron chi connectivity index (χ0n) is 8.45. The summed E-state index contributed by atoms with van der Waals surface area (Å²) >= 11 is 5.37. The maximum atomic E-state index is 11.7. The van der Waals surface area contributed by atoms with Gasteiger partial charge in [0.15, 0.2) is 0 Å². The molecule has 7 heteroatoms. The minimum absolute atomic E-state index is 0.0106. The molecule has 1 N–H and O–H groups in total. The molecule has 0 radical (unpaired) electrons. The predicted octanol–water partition coefficient (Wildman–Crippen LogP) is 2.62. The van der Waals surface area contributed by atoms with Crippen LogP contribution in [0, 0.1) is 5.41 Å². The van der Waals surface area contributed by atoms with Gasteiger partial charge in [0.25, 0.3) is 0 Å². The van der Waals surface area contributed by atoms with Crippen LogP contribution in [0.1, 0.15) is 13.8 Å². The van der Waals surface area contributed by atoms with Gasteiger partial charge in [-0.3, -0.25) is 4.79 Å². The first kappa shape index (κ1) is 14.9. The number of thioether (sulfide) groups is 1. The molecule has 0 aromatic carbocycles. The maximum absolute atomic E-state index is 11.7. The van der Waals surface area contributed by atoms with Gasteiger partial charge < -0.3 is 5.32 Å². The normalized spacial score (nSPS) is 12.7. The zero-order chi connectivity index (χ0) is 12.1. The van der Waals surface area contributed by atoms with Crippen molar-refractivity contribution in [3.8, 4) is 0 Å². The number of hydrogen-bond acceptors (Lipinski definition) is 2. The molecule has 1 amide bonds. The number of rotatable bonds is 5. The van der Waals surface area contributed by atoms with Gasteiger partial charge in [-0.15, -0.1) is 11.6 Å². The van der Waals surface area contributed by atoms with Crippen molar-refractivity contribution in [2.24, 2.45) is 5.41 Å². The molecule has 0 atom stereocenters. The lowest BCUT2D eigenvalue weighted by Crippen LogP contribution is -2.39. The van der Waals surface area contributed by atoms with Crippen molar-refractivity contribution in [2.45, 2.75) is 19.4 Å². The third kappa shape index (κ3) is 6.89. The summed E-state index contributed by atoms with van der Waals surface area (Å²) in [6.07, 6.45) is 0. The summed E-state index contributed by atoms with van der Waals surface area (Å²) in [6.45, 7) is 3.25. The molecule has 90 valence electrons. The fourth-order valence-corrected chi connectivity index (χ4v) is 1.19. The lowest BCUT2D eigenvalue weighted by molar-refractivity contribution is -0.128. The van der Waals surface area contributed by atoms with Gasteiger partial charge in [0.2, 0.25) is 5.91 Å². The van der Waals surface area contributed by atoms with Gasteiger partial charge in [-0.1, -0.05) is 0 Å². The Morgan fingerprint density at radius 2 is 1.93 bits per heavy atom. The van der Waals surface area contributed by atoms with E-state index in [4.69, 9.17) is 11.6 Å². The van der Waals surface area contributed by atoms with Gasteiger partial charge in [0, 0.05) is 18.2 Å². The summed E-state index contributed by atoms with van der Waals surface area (Å²) in [7, 11) is 0. The van der Waals surface area contributed by atoms with Crippen LogP contribution in [0.4, 0.5) is 13.2 Å². The topological polar surface area (TPSA) is 29.1 Å². The molecule has 0 aliphatic carbocycles. The van der Waals surface area contributed by atoms with E-state index in [2.05, 4.69) is 5.32 Å². The minimum Gasteiger partial charge on any atom is -0.355 e. The van der Waals surface area contributed by atoms with Crippen LogP contribution in [0.15, 0.2) is 0 Å². The van der Waals surface area contributed by atoms with E-state index in [0.717, 1.165) is 0 Å². The highest BCUT2D eigenvalue weighted by Gasteiger charge is 2.29. The monoisotopic (exact) mass is 263 g/mol. The quantitative estimate of drug-likeness (QED) is 0.610. The molecule has 2 nitrogen and oxygen atoms in total. The predicted molar refractivity (Wildman–Crippen MR) is 56.0 cm³/mol. The van der Waals surface area contributed by atoms with E-state index in [1.165, 1.54) is 0 Å². The average Bonchev–Trinajstić information content (AvgIpc) is 2.10. The summed E-state index contributed by atoms with van der Waals surface area (Å²) < 4.78 is 35.1. The molecule has 0 aromatic rings. The second-order valence-corrected chi connectivity index (χ2v) is 4.99. The summed E-state index contributed by atoms with van der Waals surface area (Å²) in [6, 6.07) is 0. The van der Waals surface area contributed by atoms with Crippen LogP contribution >= 0.6 is 23.4 Å². The van der Waals surface area contributed by atoms with Crippen LogP contribution in [-0.4, -0.2) is 29.6 Å². The Balaban J connectivity index is 3.74. The van der Waals surface area contributed by atoms with Crippen molar-refractivity contribution in [1.29, 1.82) is 0 Å². The van der Waals surface area contributed by atoms with Crippen molar-refractivity contribution in [3.05, 3.63) is 0 Å². The van der Waals surface area contributed by atoms with Crippen LogP contribution in [0.2, 0.25) is 0 Å². The van der Waals surface area contributed by atoms with Crippen molar-refractivity contribution in [3.63, 3.8) is 0 Å². The van der Waals surface area contributed by atoms with Crippen LogP contribution in [-0.2, 0) is 4.79 Å². The second kappa shape index (κ2) is 5.84. The van der Waals surface area contributed by atoms with Gasteiger partial charge in [-0.25, -0.2) is 0 Å². The number of carbonyl (C=O) groups is 1. The van der Waals surface area contributed by atoms with Gasteiger partial charge in [0.1, 0.15) is 0 Å². The van der Waals surface area contributed by atoms with E-state index in [-0.39, 0.29) is 35.8 Å². The molecule has 0 heterocycles. The summed E-state index contributed by atoms with van der Waals surface area (Å²) in [5.74, 6) is -0.390. The zero-order valence-corrected chi connectivity index (χ0v) is 10.0. The van der Waals surface area contributed by atoms with E-state index in [0.29, 0.717) is 0 Å². The van der Waals surface area contributed by atoms with Gasteiger partial charge in [0.05, 0.1) is 5.41 Å². The molecule has 0 spiro atoms. The van der Waals surface area contributed by atoms with Crippen molar-refractivity contribution in [1.82, 2.24) is 5.32 Å². The summed E-state index contributed by atoms with van der Waals surface area (Å²) in [4.78, 5) is 11.3. The highest BCUT2D eigenvalue weighted by Crippen LogP contribution is 2.29. The molecule has 0 rings (SSSR count). The Kier molecular flexibility index (Phi) is 5.80. The highest BCUT2D eigenvalue weighted by atomic mass is 35.5. The molecule has 0 bridgehead atoms. The average molecular weight is 264 g/mol. The van der Waals surface area contributed by atoms with Gasteiger partial charge in [-0.2, -0.15) is 13.2 Å². The Hall–Kier alpha value is -0.100. The van der Waals surface area contributed by atoms with Gasteiger partial charge >= 0.3 is 5.51 Å². The van der Waals surface area contributed by atoms with E-state index in [9.17, 15) is 18.0 Å². The molecule has 0 saturated heterocycles. The molecule has 0 aliphatic heterocycles. The van der Waals surface area contributed by atoms with E-state index in [1.54, 1.807) is 13.8 Å². The first-order chi connectivity index (χ1) is 6.69. The SMILES string of the molecule is CC(C)(CCl)C(=O)NCCSC(F)(F)F. The Bertz CT molecular complexity index is 220. The lowest BCUT2D eigenvalue weighted by Gasteiger charge is -2.20. The smallest absolute Gasteiger partial charge is 0.355 e. The largest absolute Gasteiger partial charge is 0.441 e. The molecule has 0 unspecified atom stereocenters. The highest BCUT2D eigenvalue weighted by molar-refractivity contribution is 8.00. The molecule has 0 fully saturated rings. The van der Waals surface area contributed by atoms with Crippen LogP contribution in [0.5, 0.6) is 0 Å². The third-order valence-corrected chi connectivity index (χ3v) is 3.01. The number of alkyl halides is 4. The van der Waals surface area contributed by atoms with Crippen molar-refractivity contribution in [2.75, 3.05) is 18.2 Å². The first-order valence-electron chi connectivity index (χ1n) is 4.24. The molecule has 15 heavy (non-hydrogen) atoms. The standard InChI is InChI=1S/C8H13ClF3NOS/c1-7(2,5-9)6(14)13-3-4-15-8(10,11)12/h3-5H2,1-2H3,(H,13,14). The molecule has 0 aromatic heterocycles. The van der Waals surface area contributed by atoms with Gasteiger partial charge in [-0.05, 0) is 25.6 Å². The Morgan fingerprint density at radius 1 is 1.40 bits per heavy atom. The van der Waals surface area contributed by atoms with Crippen molar-refractivity contribution >= 4 is 29.3 Å². The van der Waals surface area contributed by atoms with Crippen LogP contribution in [0.3, 0.4) is 0 Å². The first-order valence-corrected chi connectivity index (χ1v) is 5.76. The number of hydrogen-bond donors (Lipinski definition) is 1. The minimum atomic E-state index is -4.24. The number of carbonyl (C=O) groups excluding carboxylic acids is 1.